The van der Waals surface area contributed by atoms with E-state index in [1.54, 1.807) is 26.0 Å². The summed E-state index contributed by atoms with van der Waals surface area (Å²) >= 11 is 0. The smallest absolute Gasteiger partial charge is 0.317 e. The molecular weight excluding hydrogens is 318 g/mol. The maximum absolute atomic E-state index is 13.5. The largest absolute Gasteiger partial charge is 0.494 e. The van der Waals surface area contributed by atoms with Gasteiger partial charge < -0.3 is 14.6 Å². The van der Waals surface area contributed by atoms with Gasteiger partial charge in [0.1, 0.15) is 11.4 Å². The lowest BCUT2D eigenvalue weighted by molar-refractivity contribution is -0.176. The maximum Gasteiger partial charge on any atom is 0.317 e. The Labute approximate surface area is 141 Å². The first-order valence-electron chi connectivity index (χ1n) is 8.10. The summed E-state index contributed by atoms with van der Waals surface area (Å²) in [5.41, 5.74) is -1.81. The van der Waals surface area contributed by atoms with Gasteiger partial charge in [0.15, 0.2) is 5.92 Å². The average Bonchev–Trinajstić information content (AvgIpc) is 2.54. The molecular formula is C18H26F2O4. The van der Waals surface area contributed by atoms with Gasteiger partial charge in [-0.3, -0.25) is 4.79 Å². The number of carbonyl (C=O) groups is 1. The molecule has 136 valence electrons. The van der Waals surface area contributed by atoms with Gasteiger partial charge in [-0.2, -0.15) is 0 Å². The van der Waals surface area contributed by atoms with Crippen LogP contribution in [-0.2, 0) is 15.1 Å². The molecule has 2 atom stereocenters. The third kappa shape index (κ3) is 4.44. The lowest BCUT2D eigenvalue weighted by Gasteiger charge is -2.38. The Morgan fingerprint density at radius 2 is 1.83 bits per heavy atom. The summed E-state index contributed by atoms with van der Waals surface area (Å²) in [6.45, 7) is 5.78. The normalized spacial score (nSPS) is 15.2. The van der Waals surface area contributed by atoms with Crippen molar-refractivity contribution in [3.05, 3.63) is 29.8 Å². The first-order chi connectivity index (χ1) is 11.3. The number of hydrogen-bond donors (Lipinski definition) is 1. The van der Waals surface area contributed by atoms with E-state index < -0.39 is 29.8 Å². The minimum Gasteiger partial charge on any atom is -0.494 e. The van der Waals surface area contributed by atoms with Crippen LogP contribution in [0.15, 0.2) is 24.3 Å². The van der Waals surface area contributed by atoms with E-state index in [0.717, 1.165) is 20.0 Å². The molecule has 0 fully saturated rings. The number of benzene rings is 1. The van der Waals surface area contributed by atoms with Gasteiger partial charge in [-0.1, -0.05) is 39.3 Å². The molecule has 0 spiro atoms. The van der Waals surface area contributed by atoms with Crippen LogP contribution in [0.3, 0.4) is 0 Å². The molecule has 0 amide bonds. The van der Waals surface area contributed by atoms with Gasteiger partial charge in [0.25, 0.3) is 6.43 Å². The molecule has 0 aromatic heterocycles. The van der Waals surface area contributed by atoms with Crippen molar-refractivity contribution in [2.75, 3.05) is 13.7 Å². The number of methoxy groups -OCH3 is 1. The highest BCUT2D eigenvalue weighted by Gasteiger charge is 2.51. The molecule has 0 aliphatic carbocycles. The van der Waals surface area contributed by atoms with E-state index in [2.05, 4.69) is 4.74 Å². The van der Waals surface area contributed by atoms with E-state index in [9.17, 15) is 18.7 Å². The fourth-order valence-electron chi connectivity index (χ4n) is 2.63. The van der Waals surface area contributed by atoms with E-state index in [1.807, 2.05) is 6.92 Å². The Kier molecular flexibility index (Phi) is 7.60. The summed E-state index contributed by atoms with van der Waals surface area (Å²) in [7, 11) is 1.03. The molecule has 6 heteroatoms. The highest BCUT2D eigenvalue weighted by Crippen LogP contribution is 2.41. The summed E-state index contributed by atoms with van der Waals surface area (Å²) in [5.74, 6) is -3.13. The van der Waals surface area contributed by atoms with Gasteiger partial charge >= 0.3 is 5.97 Å². The number of esters is 1. The van der Waals surface area contributed by atoms with E-state index in [0.29, 0.717) is 12.4 Å². The lowest BCUT2D eigenvalue weighted by atomic mass is 9.73. The van der Waals surface area contributed by atoms with Gasteiger partial charge in [-0.25, -0.2) is 8.78 Å². The Morgan fingerprint density at radius 1 is 1.25 bits per heavy atom. The Morgan fingerprint density at radius 3 is 2.25 bits per heavy atom. The second kappa shape index (κ2) is 8.97. The zero-order valence-electron chi connectivity index (χ0n) is 14.6. The third-order valence-corrected chi connectivity index (χ3v) is 4.14. The molecule has 4 nitrogen and oxygen atoms in total. The number of hydrogen-bond acceptors (Lipinski definition) is 4. The van der Waals surface area contributed by atoms with Crippen LogP contribution in [0.5, 0.6) is 5.75 Å². The second-order valence-electron chi connectivity index (χ2n) is 6.04. The number of carbonyl (C=O) groups excluding carboxylic acids is 1. The highest BCUT2D eigenvalue weighted by molar-refractivity contribution is 5.74. The minimum absolute atomic E-state index is 0.232. The maximum atomic E-state index is 13.5. The van der Waals surface area contributed by atoms with Crippen molar-refractivity contribution < 1.29 is 28.2 Å². The van der Waals surface area contributed by atoms with Crippen LogP contribution in [0.1, 0.15) is 39.2 Å². The van der Waals surface area contributed by atoms with Crippen molar-refractivity contribution in [1.29, 1.82) is 0 Å². The Hall–Kier alpha value is -1.69. The van der Waals surface area contributed by atoms with E-state index in [1.165, 1.54) is 12.1 Å². The van der Waals surface area contributed by atoms with Gasteiger partial charge in [0, 0.05) is 0 Å². The molecule has 0 bridgehead atoms. The SMILES string of the molecule is CCCCOc1ccc(C(O)(C(C)C)C(C(=O)OC)C(F)F)cc1. The van der Waals surface area contributed by atoms with Gasteiger partial charge in [-0.15, -0.1) is 0 Å². The van der Waals surface area contributed by atoms with Gasteiger partial charge in [0.05, 0.1) is 13.7 Å². The summed E-state index contributed by atoms with van der Waals surface area (Å²) < 4.78 is 37.0. The van der Waals surface area contributed by atoms with Crippen LogP contribution in [0.4, 0.5) is 8.78 Å². The van der Waals surface area contributed by atoms with Crippen molar-refractivity contribution in [1.82, 2.24) is 0 Å². The molecule has 0 saturated heterocycles. The average molecular weight is 344 g/mol. The van der Waals surface area contributed by atoms with Crippen LogP contribution >= 0.6 is 0 Å². The summed E-state index contributed by atoms with van der Waals surface area (Å²) in [5, 5.41) is 11.0. The molecule has 1 aromatic carbocycles. The summed E-state index contributed by atoms with van der Waals surface area (Å²) in [6.07, 6.45) is -1.14. The van der Waals surface area contributed by atoms with Crippen molar-refractivity contribution >= 4 is 5.97 Å². The lowest BCUT2D eigenvalue weighted by Crippen LogP contribution is -2.48. The summed E-state index contributed by atoms with van der Waals surface area (Å²) in [4.78, 5) is 11.8. The zero-order chi connectivity index (χ0) is 18.3. The standard InChI is InChI=1S/C18H26F2O4/c1-5-6-11-24-14-9-7-13(8-10-14)18(22,12(2)3)15(16(19)20)17(21)23-4/h7-10,12,15-16,22H,5-6,11H2,1-4H3. The molecule has 1 rings (SSSR count). The molecule has 0 aliphatic rings. The Bertz CT molecular complexity index is 516. The molecule has 0 heterocycles. The van der Waals surface area contributed by atoms with Crippen LogP contribution in [0, 0.1) is 11.8 Å². The fourth-order valence-corrected chi connectivity index (χ4v) is 2.63. The molecule has 0 radical (unpaired) electrons. The number of aliphatic hydroxyl groups is 1. The van der Waals surface area contributed by atoms with E-state index >= 15 is 0 Å². The van der Waals surface area contributed by atoms with Crippen molar-refractivity contribution in [2.24, 2.45) is 11.8 Å². The predicted molar refractivity (Wildman–Crippen MR) is 87.1 cm³/mol. The number of halogens is 2. The minimum atomic E-state index is -3.05. The molecule has 0 aliphatic heterocycles. The van der Waals surface area contributed by atoms with Crippen molar-refractivity contribution in [3.63, 3.8) is 0 Å². The molecule has 2 unspecified atom stereocenters. The van der Waals surface area contributed by atoms with Crippen molar-refractivity contribution in [3.8, 4) is 5.75 Å². The third-order valence-electron chi connectivity index (χ3n) is 4.14. The molecule has 24 heavy (non-hydrogen) atoms. The monoisotopic (exact) mass is 344 g/mol. The van der Waals surface area contributed by atoms with Gasteiger partial charge in [0.2, 0.25) is 0 Å². The number of rotatable bonds is 9. The summed E-state index contributed by atoms with van der Waals surface area (Å²) in [6, 6.07) is 6.25. The zero-order valence-corrected chi connectivity index (χ0v) is 14.6. The van der Waals surface area contributed by atoms with Crippen LogP contribution < -0.4 is 4.74 Å². The molecule has 1 N–H and O–H groups in total. The Balaban J connectivity index is 3.16. The number of ether oxygens (including phenoxy) is 2. The first kappa shape index (κ1) is 20.4. The number of alkyl halides is 2. The van der Waals surface area contributed by atoms with Crippen LogP contribution in [0.2, 0.25) is 0 Å². The highest BCUT2D eigenvalue weighted by atomic mass is 19.3. The fraction of sp³-hybridized carbons (Fsp3) is 0.611. The first-order valence-corrected chi connectivity index (χ1v) is 8.10. The van der Waals surface area contributed by atoms with E-state index in [-0.39, 0.29) is 5.56 Å². The second-order valence-corrected chi connectivity index (χ2v) is 6.04. The van der Waals surface area contributed by atoms with Crippen LogP contribution in [-0.4, -0.2) is 31.2 Å². The molecule has 1 aromatic rings. The predicted octanol–water partition coefficient (Wildman–Crippen LogP) is 3.76. The van der Waals surface area contributed by atoms with Gasteiger partial charge in [-0.05, 0) is 30.0 Å². The van der Waals surface area contributed by atoms with Crippen LogP contribution in [0.25, 0.3) is 0 Å². The number of unbranched alkanes of at least 4 members (excludes halogenated alkanes) is 1. The topological polar surface area (TPSA) is 55.8 Å². The quantitative estimate of drug-likeness (QED) is 0.547. The van der Waals surface area contributed by atoms with E-state index in [4.69, 9.17) is 4.74 Å². The molecule has 0 saturated carbocycles. The van der Waals surface area contributed by atoms with Crippen molar-refractivity contribution in [2.45, 2.75) is 45.6 Å².